The summed E-state index contributed by atoms with van der Waals surface area (Å²) in [7, 11) is 1.77. The number of nitrogens with zero attached hydrogens (tertiary/aromatic N) is 2. The van der Waals surface area contributed by atoms with Gasteiger partial charge in [-0.2, -0.15) is 0 Å². The van der Waals surface area contributed by atoms with Gasteiger partial charge in [-0.25, -0.2) is 4.79 Å². The Morgan fingerprint density at radius 2 is 2.33 bits per heavy atom. The maximum Gasteiger partial charge on any atom is 0.317 e. The summed E-state index contributed by atoms with van der Waals surface area (Å²) < 4.78 is 0. The molecule has 0 unspecified atom stereocenters. The van der Waals surface area contributed by atoms with Gasteiger partial charge in [-0.05, 0) is 25.5 Å². The van der Waals surface area contributed by atoms with Crippen molar-refractivity contribution in [3.05, 3.63) is 30.1 Å². The van der Waals surface area contributed by atoms with Gasteiger partial charge in [0.05, 0.1) is 0 Å². The lowest BCUT2D eigenvalue weighted by Gasteiger charge is -2.19. The molecule has 1 heterocycles. The molecule has 1 rings (SSSR count). The smallest absolute Gasteiger partial charge is 0.317 e. The SMILES string of the molecule is CC(C)NC(=O)N(C)Cc1cccnc1. The molecule has 0 saturated carbocycles. The molecule has 0 atom stereocenters. The van der Waals surface area contributed by atoms with Crippen LogP contribution in [0.4, 0.5) is 4.79 Å². The summed E-state index contributed by atoms with van der Waals surface area (Å²) in [5.41, 5.74) is 1.03. The minimum atomic E-state index is -0.0612. The zero-order chi connectivity index (χ0) is 11.3. The van der Waals surface area contributed by atoms with Gasteiger partial charge in [0, 0.05) is 32.0 Å². The Balaban J connectivity index is 2.49. The number of carbonyl (C=O) groups excluding carboxylic acids is 1. The number of urea groups is 1. The normalized spacial score (nSPS) is 10.1. The molecule has 0 radical (unpaired) electrons. The van der Waals surface area contributed by atoms with Crippen LogP contribution in [-0.2, 0) is 6.54 Å². The van der Waals surface area contributed by atoms with E-state index in [1.54, 1.807) is 24.3 Å². The zero-order valence-electron chi connectivity index (χ0n) is 9.40. The summed E-state index contributed by atoms with van der Waals surface area (Å²) in [4.78, 5) is 17.2. The maximum atomic E-state index is 11.6. The summed E-state index contributed by atoms with van der Waals surface area (Å²) in [6.45, 7) is 4.46. The number of aromatic nitrogens is 1. The van der Waals surface area contributed by atoms with Crippen molar-refractivity contribution in [1.82, 2.24) is 15.2 Å². The molecule has 0 aliphatic rings. The fourth-order valence-electron chi connectivity index (χ4n) is 1.19. The molecule has 0 aromatic carbocycles. The second-order valence-electron chi connectivity index (χ2n) is 3.82. The highest BCUT2D eigenvalue weighted by atomic mass is 16.2. The van der Waals surface area contributed by atoms with E-state index in [1.807, 2.05) is 26.0 Å². The Morgan fingerprint density at radius 3 is 2.87 bits per heavy atom. The van der Waals surface area contributed by atoms with Crippen molar-refractivity contribution in [3.63, 3.8) is 0 Å². The largest absolute Gasteiger partial charge is 0.336 e. The van der Waals surface area contributed by atoms with Crippen LogP contribution >= 0.6 is 0 Å². The molecule has 4 heteroatoms. The average Bonchev–Trinajstić information content (AvgIpc) is 2.18. The predicted molar refractivity (Wildman–Crippen MR) is 59.4 cm³/mol. The Kier molecular flexibility index (Phi) is 4.09. The highest BCUT2D eigenvalue weighted by Crippen LogP contribution is 2.00. The summed E-state index contributed by atoms with van der Waals surface area (Å²) in [6.07, 6.45) is 3.48. The van der Waals surface area contributed by atoms with Gasteiger partial charge in [0.25, 0.3) is 0 Å². The molecule has 1 aromatic rings. The van der Waals surface area contributed by atoms with E-state index in [2.05, 4.69) is 10.3 Å². The Hall–Kier alpha value is -1.58. The van der Waals surface area contributed by atoms with Crippen molar-refractivity contribution in [1.29, 1.82) is 0 Å². The number of hydrogen-bond acceptors (Lipinski definition) is 2. The first-order valence-corrected chi connectivity index (χ1v) is 5.00. The van der Waals surface area contributed by atoms with E-state index >= 15 is 0 Å². The van der Waals surface area contributed by atoms with Gasteiger partial charge in [-0.3, -0.25) is 4.98 Å². The Morgan fingerprint density at radius 1 is 1.60 bits per heavy atom. The number of rotatable bonds is 3. The van der Waals surface area contributed by atoms with Gasteiger partial charge in [0.15, 0.2) is 0 Å². The average molecular weight is 207 g/mol. The number of pyridine rings is 1. The van der Waals surface area contributed by atoms with E-state index in [1.165, 1.54) is 0 Å². The fraction of sp³-hybridized carbons (Fsp3) is 0.455. The van der Waals surface area contributed by atoms with Gasteiger partial charge in [-0.15, -0.1) is 0 Å². The third-order valence-corrected chi connectivity index (χ3v) is 1.90. The molecule has 0 aliphatic heterocycles. The van der Waals surface area contributed by atoms with Crippen LogP contribution in [0.1, 0.15) is 19.4 Å². The lowest BCUT2D eigenvalue weighted by molar-refractivity contribution is 0.204. The van der Waals surface area contributed by atoms with Crippen LogP contribution in [-0.4, -0.2) is 29.0 Å². The first-order chi connectivity index (χ1) is 7.09. The van der Waals surface area contributed by atoms with E-state index in [9.17, 15) is 4.79 Å². The van der Waals surface area contributed by atoms with E-state index in [-0.39, 0.29) is 12.1 Å². The molecule has 0 aliphatic carbocycles. The Labute approximate surface area is 90.3 Å². The third kappa shape index (κ3) is 3.97. The summed E-state index contributed by atoms with van der Waals surface area (Å²) in [6, 6.07) is 3.91. The highest BCUT2D eigenvalue weighted by Gasteiger charge is 2.09. The minimum Gasteiger partial charge on any atom is -0.336 e. The van der Waals surface area contributed by atoms with Crippen LogP contribution in [0.15, 0.2) is 24.5 Å². The monoisotopic (exact) mass is 207 g/mol. The lowest BCUT2D eigenvalue weighted by Crippen LogP contribution is -2.40. The summed E-state index contributed by atoms with van der Waals surface area (Å²) in [5, 5.41) is 2.83. The maximum absolute atomic E-state index is 11.6. The summed E-state index contributed by atoms with van der Waals surface area (Å²) >= 11 is 0. The van der Waals surface area contributed by atoms with Gasteiger partial charge in [-0.1, -0.05) is 6.07 Å². The first-order valence-electron chi connectivity index (χ1n) is 5.00. The number of carbonyl (C=O) groups is 1. The molecule has 15 heavy (non-hydrogen) atoms. The van der Waals surface area contributed by atoms with Crippen molar-refractivity contribution in [2.24, 2.45) is 0 Å². The van der Waals surface area contributed by atoms with Crippen molar-refractivity contribution in [2.45, 2.75) is 26.4 Å². The van der Waals surface area contributed by atoms with Crippen LogP contribution in [0.3, 0.4) is 0 Å². The molecule has 1 N–H and O–H groups in total. The van der Waals surface area contributed by atoms with E-state index in [0.29, 0.717) is 6.54 Å². The second-order valence-corrected chi connectivity index (χ2v) is 3.82. The molecular weight excluding hydrogens is 190 g/mol. The van der Waals surface area contributed by atoms with Gasteiger partial charge >= 0.3 is 6.03 Å². The number of hydrogen-bond donors (Lipinski definition) is 1. The third-order valence-electron chi connectivity index (χ3n) is 1.90. The lowest BCUT2D eigenvalue weighted by atomic mass is 10.3. The van der Waals surface area contributed by atoms with Crippen molar-refractivity contribution < 1.29 is 4.79 Å². The van der Waals surface area contributed by atoms with Crippen LogP contribution in [0.5, 0.6) is 0 Å². The first kappa shape index (κ1) is 11.5. The molecule has 1 aromatic heterocycles. The minimum absolute atomic E-state index is 0.0612. The molecule has 4 nitrogen and oxygen atoms in total. The van der Waals surface area contributed by atoms with E-state index in [0.717, 1.165) is 5.56 Å². The molecule has 0 fully saturated rings. The van der Waals surface area contributed by atoms with Crippen molar-refractivity contribution >= 4 is 6.03 Å². The van der Waals surface area contributed by atoms with Gasteiger partial charge in [0.2, 0.25) is 0 Å². The molecule has 0 bridgehead atoms. The zero-order valence-corrected chi connectivity index (χ0v) is 9.40. The van der Waals surface area contributed by atoms with Crippen molar-refractivity contribution in [3.8, 4) is 0 Å². The molecular formula is C11H17N3O. The van der Waals surface area contributed by atoms with Crippen LogP contribution < -0.4 is 5.32 Å². The predicted octanol–water partition coefficient (Wildman–Crippen LogP) is 1.63. The van der Waals surface area contributed by atoms with Crippen molar-refractivity contribution in [2.75, 3.05) is 7.05 Å². The standard InChI is InChI=1S/C11H17N3O/c1-9(2)13-11(15)14(3)8-10-5-4-6-12-7-10/h4-7,9H,8H2,1-3H3,(H,13,15). The van der Waals surface area contributed by atoms with E-state index in [4.69, 9.17) is 0 Å². The fourth-order valence-corrected chi connectivity index (χ4v) is 1.19. The molecule has 82 valence electrons. The molecule has 0 spiro atoms. The van der Waals surface area contributed by atoms with Crippen LogP contribution in [0, 0.1) is 0 Å². The highest BCUT2D eigenvalue weighted by molar-refractivity contribution is 5.74. The topological polar surface area (TPSA) is 45.2 Å². The molecule has 2 amide bonds. The van der Waals surface area contributed by atoms with Crippen LogP contribution in [0.2, 0.25) is 0 Å². The Bertz CT molecular complexity index is 311. The van der Waals surface area contributed by atoms with Gasteiger partial charge < -0.3 is 10.2 Å². The van der Waals surface area contributed by atoms with Gasteiger partial charge in [0.1, 0.15) is 0 Å². The second kappa shape index (κ2) is 5.34. The van der Waals surface area contributed by atoms with Crippen LogP contribution in [0.25, 0.3) is 0 Å². The number of nitrogens with one attached hydrogen (secondary N) is 1. The summed E-state index contributed by atoms with van der Waals surface area (Å²) in [5.74, 6) is 0. The number of amides is 2. The van der Waals surface area contributed by atoms with E-state index < -0.39 is 0 Å². The quantitative estimate of drug-likeness (QED) is 0.818. The molecule has 0 saturated heterocycles.